The third-order valence-electron chi connectivity index (χ3n) is 3.59. The highest BCUT2D eigenvalue weighted by molar-refractivity contribution is 5.78. The number of rotatable bonds is 15. The summed E-state index contributed by atoms with van der Waals surface area (Å²) in [6, 6.07) is 0. The summed E-state index contributed by atoms with van der Waals surface area (Å²) in [5.41, 5.74) is 0. The molecule has 0 aromatic carbocycles. The Balaban J connectivity index is 3.41. The normalized spacial score (nSPS) is 10.7. The smallest absolute Gasteiger partial charge is 0.407 e. The third kappa shape index (κ3) is 17.3. The predicted octanol–water partition coefficient (Wildman–Crippen LogP) is 1.98. The van der Waals surface area contributed by atoms with E-state index in [0.29, 0.717) is 45.7 Å². The molecule has 3 N–H and O–H groups in total. The van der Waals surface area contributed by atoms with Gasteiger partial charge >= 0.3 is 6.09 Å². The number of nitrogens with one attached hydrogen (secondary N) is 3. The first-order valence-corrected chi connectivity index (χ1v) is 9.89. The highest BCUT2D eigenvalue weighted by Crippen LogP contribution is 1.99. The molecular weight excluding hydrogens is 350 g/mol. The van der Waals surface area contributed by atoms with Crippen LogP contribution in [0.2, 0.25) is 0 Å². The monoisotopic (exact) mass is 387 g/mol. The molecule has 0 unspecified atom stereocenters. The summed E-state index contributed by atoms with van der Waals surface area (Å²) in [4.78, 5) is 34.5. The zero-order valence-electron chi connectivity index (χ0n) is 17.3. The van der Waals surface area contributed by atoms with E-state index in [1.54, 1.807) is 0 Å². The summed E-state index contributed by atoms with van der Waals surface area (Å²) in [6.07, 6.45) is 3.30. The van der Waals surface area contributed by atoms with Gasteiger partial charge in [0.1, 0.15) is 0 Å². The molecule has 27 heavy (non-hydrogen) atoms. The third-order valence-corrected chi connectivity index (χ3v) is 3.59. The van der Waals surface area contributed by atoms with Crippen LogP contribution in [-0.2, 0) is 19.1 Å². The van der Waals surface area contributed by atoms with Crippen LogP contribution >= 0.6 is 0 Å². The van der Waals surface area contributed by atoms with Crippen molar-refractivity contribution in [3.8, 4) is 0 Å². The fraction of sp³-hybridized carbons (Fsp3) is 0.842. The first-order valence-electron chi connectivity index (χ1n) is 9.89. The molecule has 158 valence electrons. The molecule has 0 atom stereocenters. The Bertz CT molecular complexity index is 428. The summed E-state index contributed by atoms with van der Waals surface area (Å²) in [7, 11) is 0. The minimum atomic E-state index is -0.416. The fourth-order valence-electron chi connectivity index (χ4n) is 2.05. The van der Waals surface area contributed by atoms with Crippen molar-refractivity contribution in [2.75, 3.05) is 32.8 Å². The lowest BCUT2D eigenvalue weighted by Gasteiger charge is -2.09. The second kappa shape index (κ2) is 16.4. The predicted molar refractivity (Wildman–Crippen MR) is 104 cm³/mol. The van der Waals surface area contributed by atoms with Crippen molar-refractivity contribution < 1.29 is 23.9 Å². The van der Waals surface area contributed by atoms with Crippen LogP contribution in [0.5, 0.6) is 0 Å². The number of carbonyl (C=O) groups excluding carboxylic acids is 3. The Morgan fingerprint density at radius 2 is 1.48 bits per heavy atom. The number of ether oxygens (including phenoxy) is 2. The zero-order valence-corrected chi connectivity index (χ0v) is 17.3. The lowest BCUT2D eigenvalue weighted by atomic mass is 10.2. The van der Waals surface area contributed by atoms with Crippen molar-refractivity contribution in [3.05, 3.63) is 0 Å². The Morgan fingerprint density at radius 1 is 0.778 bits per heavy atom. The van der Waals surface area contributed by atoms with E-state index in [4.69, 9.17) is 9.47 Å². The highest BCUT2D eigenvalue weighted by Gasteiger charge is 2.06. The molecule has 0 aliphatic heterocycles. The molecule has 8 nitrogen and oxygen atoms in total. The van der Waals surface area contributed by atoms with E-state index >= 15 is 0 Å². The average molecular weight is 388 g/mol. The Morgan fingerprint density at radius 3 is 2.15 bits per heavy atom. The molecule has 0 radical (unpaired) electrons. The molecular formula is C19H37N3O5. The Hall–Kier alpha value is -1.83. The highest BCUT2D eigenvalue weighted by atomic mass is 16.5. The minimum Gasteiger partial charge on any atom is -0.449 e. The van der Waals surface area contributed by atoms with Crippen molar-refractivity contribution in [2.24, 2.45) is 5.92 Å². The number of unbranched alkanes of at least 4 members (excludes halogenated alkanes) is 2. The van der Waals surface area contributed by atoms with Gasteiger partial charge in [0, 0.05) is 38.4 Å². The van der Waals surface area contributed by atoms with E-state index in [9.17, 15) is 14.4 Å². The molecule has 8 heteroatoms. The molecule has 3 amide bonds. The summed E-state index contributed by atoms with van der Waals surface area (Å²) in [5.74, 6) is -0.0885. The number of hydrogen-bond donors (Lipinski definition) is 3. The van der Waals surface area contributed by atoms with Gasteiger partial charge in [0.05, 0.1) is 19.3 Å². The van der Waals surface area contributed by atoms with E-state index in [2.05, 4.69) is 16.0 Å². The van der Waals surface area contributed by atoms with Gasteiger partial charge in [0.25, 0.3) is 0 Å². The number of amides is 3. The fourth-order valence-corrected chi connectivity index (χ4v) is 2.05. The summed E-state index contributed by atoms with van der Waals surface area (Å²) < 4.78 is 10.4. The lowest BCUT2D eigenvalue weighted by Crippen LogP contribution is -2.36. The first-order chi connectivity index (χ1) is 12.8. The van der Waals surface area contributed by atoms with Crippen LogP contribution in [0.1, 0.15) is 59.8 Å². The lowest BCUT2D eigenvalue weighted by molar-refractivity contribution is -0.124. The average Bonchev–Trinajstić information content (AvgIpc) is 2.60. The van der Waals surface area contributed by atoms with Crippen molar-refractivity contribution in [3.63, 3.8) is 0 Å². The van der Waals surface area contributed by atoms with Gasteiger partial charge in [-0.1, -0.05) is 20.3 Å². The maximum atomic E-state index is 11.7. The van der Waals surface area contributed by atoms with Crippen molar-refractivity contribution in [1.29, 1.82) is 0 Å². The minimum absolute atomic E-state index is 0.0147. The van der Waals surface area contributed by atoms with Gasteiger partial charge in [-0.15, -0.1) is 0 Å². The second-order valence-electron chi connectivity index (χ2n) is 6.94. The van der Waals surface area contributed by atoms with E-state index in [1.807, 2.05) is 27.7 Å². The molecule has 0 heterocycles. The van der Waals surface area contributed by atoms with Crippen LogP contribution in [0.25, 0.3) is 0 Å². The molecule has 0 aromatic rings. The van der Waals surface area contributed by atoms with Crippen LogP contribution in [0.15, 0.2) is 0 Å². The largest absolute Gasteiger partial charge is 0.449 e. The van der Waals surface area contributed by atoms with Gasteiger partial charge in [-0.25, -0.2) is 4.79 Å². The molecule has 0 aliphatic rings. The maximum Gasteiger partial charge on any atom is 0.407 e. The van der Waals surface area contributed by atoms with Crippen LogP contribution in [0.3, 0.4) is 0 Å². The van der Waals surface area contributed by atoms with E-state index in [1.165, 1.54) is 0 Å². The van der Waals surface area contributed by atoms with E-state index in [0.717, 1.165) is 19.3 Å². The standard InChI is InChI=1S/C19H37N3O5/c1-15(2)18(24)21-12-11-20-17(23)9-6-5-7-10-22-19(25)27-14-8-13-26-16(3)4/h15-16H,5-14H2,1-4H3,(H,20,23)(H,21,24)(H,22,25). The molecule has 0 aromatic heterocycles. The van der Waals surface area contributed by atoms with Crippen molar-refractivity contribution in [2.45, 2.75) is 65.9 Å². The quantitative estimate of drug-likeness (QED) is 0.373. The van der Waals surface area contributed by atoms with Gasteiger partial charge in [-0.2, -0.15) is 0 Å². The van der Waals surface area contributed by atoms with E-state index in [-0.39, 0.29) is 23.8 Å². The molecule has 0 saturated heterocycles. The molecule has 0 rings (SSSR count). The van der Waals surface area contributed by atoms with Gasteiger partial charge in [0.2, 0.25) is 11.8 Å². The SMILES string of the molecule is CC(C)OCCCOC(=O)NCCCCCC(=O)NCCNC(=O)C(C)C. The topological polar surface area (TPSA) is 106 Å². The van der Waals surface area contributed by atoms with Crippen molar-refractivity contribution >= 4 is 17.9 Å². The maximum absolute atomic E-state index is 11.7. The summed E-state index contributed by atoms with van der Waals surface area (Å²) >= 11 is 0. The second-order valence-corrected chi connectivity index (χ2v) is 6.94. The Kier molecular flexibility index (Phi) is 15.2. The Labute approximate surface area is 163 Å². The summed E-state index contributed by atoms with van der Waals surface area (Å²) in [5, 5.41) is 8.21. The van der Waals surface area contributed by atoms with Crippen LogP contribution < -0.4 is 16.0 Å². The van der Waals surface area contributed by atoms with Crippen LogP contribution in [-0.4, -0.2) is 56.9 Å². The molecule has 0 bridgehead atoms. The molecule has 0 fully saturated rings. The van der Waals surface area contributed by atoms with E-state index < -0.39 is 6.09 Å². The first kappa shape index (κ1) is 25.2. The van der Waals surface area contributed by atoms with Crippen LogP contribution in [0.4, 0.5) is 4.79 Å². The number of carbonyl (C=O) groups is 3. The zero-order chi connectivity index (χ0) is 20.5. The van der Waals surface area contributed by atoms with Gasteiger partial charge in [0.15, 0.2) is 0 Å². The van der Waals surface area contributed by atoms with Crippen molar-refractivity contribution in [1.82, 2.24) is 16.0 Å². The molecule has 0 spiro atoms. The van der Waals surface area contributed by atoms with Crippen LogP contribution in [0, 0.1) is 5.92 Å². The van der Waals surface area contributed by atoms with Gasteiger partial charge in [-0.05, 0) is 26.7 Å². The molecule has 0 saturated carbocycles. The molecule has 0 aliphatic carbocycles. The van der Waals surface area contributed by atoms with Gasteiger partial charge in [-0.3, -0.25) is 9.59 Å². The van der Waals surface area contributed by atoms with Gasteiger partial charge < -0.3 is 25.4 Å². The number of alkyl carbamates (subject to hydrolysis) is 1. The number of hydrogen-bond acceptors (Lipinski definition) is 5. The summed E-state index contributed by atoms with van der Waals surface area (Å²) in [6.45, 7) is 9.91.